The molecule has 1 aliphatic carbocycles. The molecule has 5 rings (SSSR count). The lowest BCUT2D eigenvalue weighted by molar-refractivity contribution is 0.140. The highest BCUT2D eigenvalue weighted by Gasteiger charge is 2.27. The molecule has 0 saturated carbocycles. The number of imidazole rings is 1. The molecule has 2 aromatic heterocycles. The largest absolute Gasteiger partial charge is 0.497 e. The Hall–Kier alpha value is -3.39. The number of rotatable bonds is 7. The number of nitrogens with one attached hydrogen (secondary N) is 3. The van der Waals surface area contributed by atoms with Crippen molar-refractivity contribution in [1.29, 1.82) is 0 Å². The summed E-state index contributed by atoms with van der Waals surface area (Å²) in [6.07, 6.45) is 4.90. The number of benzene rings is 1. The van der Waals surface area contributed by atoms with Gasteiger partial charge < -0.3 is 29.5 Å². The zero-order valence-corrected chi connectivity index (χ0v) is 19.1. The molecule has 1 unspecified atom stereocenters. The molecule has 1 atom stereocenters. The first-order valence-corrected chi connectivity index (χ1v) is 11.0. The molecule has 9 heteroatoms. The summed E-state index contributed by atoms with van der Waals surface area (Å²) < 4.78 is 31.8. The summed E-state index contributed by atoms with van der Waals surface area (Å²) in [4.78, 5) is 10.9. The molecular formula is C24H24ClFN4O3. The zero-order valence-electron chi connectivity index (χ0n) is 18.3. The molecule has 3 aromatic rings. The number of alkyl halides is 1. The molecule has 0 fully saturated rings. The van der Waals surface area contributed by atoms with Crippen LogP contribution in [0.5, 0.6) is 5.75 Å². The minimum Gasteiger partial charge on any atom is -0.497 e. The van der Waals surface area contributed by atoms with Gasteiger partial charge in [0.05, 0.1) is 31.8 Å². The summed E-state index contributed by atoms with van der Waals surface area (Å²) in [5.74, 6) is 3.27. The number of aromatic amines is 2. The van der Waals surface area contributed by atoms with Gasteiger partial charge in [-0.05, 0) is 41.8 Å². The van der Waals surface area contributed by atoms with Crippen LogP contribution >= 0.6 is 11.6 Å². The molecule has 0 saturated heterocycles. The highest BCUT2D eigenvalue weighted by molar-refractivity contribution is 6.32. The Kier molecular flexibility index (Phi) is 5.76. The molecule has 1 aromatic carbocycles. The van der Waals surface area contributed by atoms with Crippen LogP contribution in [-0.4, -0.2) is 41.9 Å². The van der Waals surface area contributed by atoms with Crippen molar-refractivity contribution in [3.63, 3.8) is 0 Å². The van der Waals surface area contributed by atoms with Gasteiger partial charge in [-0.25, -0.2) is 9.37 Å². The van der Waals surface area contributed by atoms with Crippen molar-refractivity contribution >= 4 is 34.5 Å². The van der Waals surface area contributed by atoms with E-state index in [9.17, 15) is 0 Å². The minimum atomic E-state index is -1.18. The van der Waals surface area contributed by atoms with E-state index in [1.807, 2.05) is 30.5 Å². The molecule has 0 spiro atoms. The van der Waals surface area contributed by atoms with E-state index in [-0.39, 0.29) is 13.0 Å². The lowest BCUT2D eigenvalue weighted by Gasteiger charge is -2.23. The topological polar surface area (TPSA) is 84.2 Å². The minimum absolute atomic E-state index is 0.102. The van der Waals surface area contributed by atoms with E-state index < -0.39 is 6.17 Å². The van der Waals surface area contributed by atoms with Crippen molar-refractivity contribution in [2.45, 2.75) is 25.6 Å². The maximum absolute atomic E-state index is 15.1. The molecule has 3 N–H and O–H groups in total. The predicted octanol–water partition coefficient (Wildman–Crippen LogP) is 5.19. The van der Waals surface area contributed by atoms with Gasteiger partial charge in [-0.15, -0.1) is 0 Å². The Labute approximate surface area is 195 Å². The summed E-state index contributed by atoms with van der Waals surface area (Å²) >= 11 is 6.17. The van der Waals surface area contributed by atoms with Gasteiger partial charge in [0, 0.05) is 29.3 Å². The summed E-state index contributed by atoms with van der Waals surface area (Å²) in [6, 6.07) is 5.59. The van der Waals surface area contributed by atoms with Crippen LogP contribution in [0.25, 0.3) is 17.1 Å². The van der Waals surface area contributed by atoms with Crippen LogP contribution in [0.4, 0.5) is 10.2 Å². The number of halogens is 2. The van der Waals surface area contributed by atoms with Gasteiger partial charge in [0.15, 0.2) is 5.76 Å². The molecule has 3 heterocycles. The highest BCUT2D eigenvalue weighted by atomic mass is 35.5. The van der Waals surface area contributed by atoms with E-state index in [2.05, 4.69) is 20.3 Å². The van der Waals surface area contributed by atoms with Crippen molar-refractivity contribution in [2.75, 3.05) is 26.1 Å². The van der Waals surface area contributed by atoms with Gasteiger partial charge in [-0.2, -0.15) is 0 Å². The fourth-order valence-corrected chi connectivity index (χ4v) is 4.30. The standard InChI is InChI=1S/C24H24ClFN4O3/c1-31-16-3-4-19-20(8-16)30-23(29-19)12-33-22-9-18(26)13(6-21(22)32-2)5-14-10-27-24-17(14)7-15(25)11-28-24/h3-4,6-8,10,18,27-28H,5,9,11-12H2,1-2H3,(H,29,30). The van der Waals surface area contributed by atoms with Gasteiger partial charge in [-0.3, -0.25) is 0 Å². The third-order valence-electron chi connectivity index (χ3n) is 5.83. The Balaban J connectivity index is 1.33. The Morgan fingerprint density at radius 3 is 2.91 bits per heavy atom. The SMILES string of the molecule is COC1=C(OCc2nc3ccc(OC)cc3[nH]2)CC(F)C(Cc2c[nH]c3c2C=C(Cl)CN3)=C1. The fraction of sp³-hybridized carbons (Fsp3) is 0.292. The normalized spacial score (nSPS) is 17.9. The van der Waals surface area contributed by atoms with E-state index in [0.717, 1.165) is 38.8 Å². The number of H-pyrrole nitrogens is 2. The molecule has 7 nitrogen and oxygen atoms in total. The third-order valence-corrected chi connectivity index (χ3v) is 6.08. The van der Waals surface area contributed by atoms with Crippen LogP contribution in [0, 0.1) is 0 Å². The number of hydrogen-bond acceptors (Lipinski definition) is 5. The molecule has 2 aliphatic rings. The van der Waals surface area contributed by atoms with Crippen LogP contribution in [0.3, 0.4) is 0 Å². The monoisotopic (exact) mass is 470 g/mol. The molecule has 0 amide bonds. The maximum Gasteiger partial charge on any atom is 0.156 e. The number of hydrogen-bond donors (Lipinski definition) is 3. The molecule has 0 bridgehead atoms. The highest BCUT2D eigenvalue weighted by Crippen LogP contribution is 2.34. The Bertz CT molecular complexity index is 1290. The van der Waals surface area contributed by atoms with Gasteiger partial charge in [0.25, 0.3) is 0 Å². The lowest BCUT2D eigenvalue weighted by atomic mass is 9.93. The fourth-order valence-electron chi connectivity index (χ4n) is 4.12. The molecule has 1 aliphatic heterocycles. The number of methoxy groups -OCH3 is 2. The smallest absolute Gasteiger partial charge is 0.156 e. The zero-order chi connectivity index (χ0) is 22.9. The Morgan fingerprint density at radius 1 is 1.21 bits per heavy atom. The van der Waals surface area contributed by atoms with Crippen LogP contribution < -0.4 is 10.1 Å². The van der Waals surface area contributed by atoms with E-state index in [1.54, 1.807) is 20.3 Å². The second kappa shape index (κ2) is 8.86. The number of nitrogens with zero attached hydrogens (tertiary/aromatic N) is 1. The van der Waals surface area contributed by atoms with Gasteiger partial charge >= 0.3 is 0 Å². The summed E-state index contributed by atoms with van der Waals surface area (Å²) in [5, 5.41) is 3.94. The van der Waals surface area contributed by atoms with Crippen molar-refractivity contribution in [3.8, 4) is 5.75 Å². The average molecular weight is 471 g/mol. The first-order valence-electron chi connectivity index (χ1n) is 10.6. The van der Waals surface area contributed by atoms with Crippen LogP contribution in [0.15, 0.2) is 52.6 Å². The maximum atomic E-state index is 15.1. The lowest BCUT2D eigenvalue weighted by Crippen LogP contribution is -2.17. The quantitative estimate of drug-likeness (QED) is 0.442. The first-order chi connectivity index (χ1) is 16.0. The summed E-state index contributed by atoms with van der Waals surface area (Å²) in [5.41, 5.74) is 4.23. The third kappa shape index (κ3) is 4.30. The van der Waals surface area contributed by atoms with E-state index >= 15 is 4.39 Å². The van der Waals surface area contributed by atoms with Crippen LogP contribution in [0.2, 0.25) is 0 Å². The van der Waals surface area contributed by atoms with Crippen molar-refractivity contribution < 1.29 is 18.6 Å². The molecule has 0 radical (unpaired) electrons. The molecule has 172 valence electrons. The second-order valence-electron chi connectivity index (χ2n) is 7.96. The summed E-state index contributed by atoms with van der Waals surface area (Å²) in [7, 11) is 3.18. The van der Waals surface area contributed by atoms with Gasteiger partial charge in [0.1, 0.15) is 35.9 Å². The van der Waals surface area contributed by atoms with Crippen molar-refractivity contribution in [2.24, 2.45) is 0 Å². The van der Waals surface area contributed by atoms with Crippen molar-refractivity contribution in [1.82, 2.24) is 15.0 Å². The van der Waals surface area contributed by atoms with E-state index in [0.29, 0.717) is 35.9 Å². The van der Waals surface area contributed by atoms with Crippen molar-refractivity contribution in [3.05, 3.63) is 69.5 Å². The number of fused-ring (bicyclic) bond motifs is 2. The van der Waals surface area contributed by atoms with Crippen LogP contribution in [0.1, 0.15) is 23.4 Å². The van der Waals surface area contributed by atoms with E-state index in [4.69, 9.17) is 25.8 Å². The second-order valence-corrected chi connectivity index (χ2v) is 8.45. The molecular weight excluding hydrogens is 447 g/mol. The predicted molar refractivity (Wildman–Crippen MR) is 126 cm³/mol. The average Bonchev–Trinajstić information content (AvgIpc) is 3.41. The number of allylic oxidation sites excluding steroid dienone is 3. The Morgan fingerprint density at radius 2 is 2.09 bits per heavy atom. The van der Waals surface area contributed by atoms with Gasteiger partial charge in [-0.1, -0.05) is 11.6 Å². The van der Waals surface area contributed by atoms with Gasteiger partial charge in [0.2, 0.25) is 0 Å². The summed E-state index contributed by atoms with van der Waals surface area (Å²) in [6.45, 7) is 0.758. The first kappa shape index (κ1) is 21.5. The van der Waals surface area contributed by atoms with E-state index in [1.165, 1.54) is 0 Å². The number of aromatic nitrogens is 3. The number of anilines is 1. The van der Waals surface area contributed by atoms with Crippen LogP contribution in [-0.2, 0) is 22.5 Å². The number of ether oxygens (including phenoxy) is 3. The molecule has 33 heavy (non-hydrogen) atoms.